The lowest BCUT2D eigenvalue weighted by Gasteiger charge is -2.10. The summed E-state index contributed by atoms with van der Waals surface area (Å²) in [6.07, 6.45) is 0.970. The van der Waals surface area contributed by atoms with Gasteiger partial charge in [0.2, 0.25) is 0 Å². The highest BCUT2D eigenvalue weighted by atomic mass is 35.5. The number of hydrogen-bond acceptors (Lipinski definition) is 2. The van der Waals surface area contributed by atoms with E-state index in [1.807, 2.05) is 42.5 Å². The first-order valence-corrected chi connectivity index (χ1v) is 7.81. The third kappa shape index (κ3) is 4.92. The summed E-state index contributed by atoms with van der Waals surface area (Å²) in [6.45, 7) is 4.22. The lowest BCUT2D eigenvalue weighted by Crippen LogP contribution is -2.13. The van der Waals surface area contributed by atoms with E-state index in [4.69, 9.17) is 27.9 Å². The molecule has 0 heterocycles. The van der Waals surface area contributed by atoms with Gasteiger partial charge in [-0.3, -0.25) is 0 Å². The SMILES string of the molecule is CCCOc1ccc(CNCc2ccccc2Cl)cc1Cl. The van der Waals surface area contributed by atoms with Gasteiger partial charge in [-0.25, -0.2) is 0 Å². The van der Waals surface area contributed by atoms with Crippen molar-refractivity contribution < 1.29 is 4.74 Å². The van der Waals surface area contributed by atoms with Crippen molar-refractivity contribution >= 4 is 23.2 Å². The second kappa shape index (κ2) is 8.28. The van der Waals surface area contributed by atoms with E-state index in [0.29, 0.717) is 11.6 Å². The minimum absolute atomic E-state index is 0.653. The molecule has 0 aliphatic carbocycles. The summed E-state index contributed by atoms with van der Waals surface area (Å²) in [5.74, 6) is 0.744. The molecular weight excluding hydrogens is 305 g/mol. The van der Waals surface area contributed by atoms with Crippen LogP contribution in [0.5, 0.6) is 5.75 Å². The van der Waals surface area contributed by atoms with Crippen LogP contribution in [0.4, 0.5) is 0 Å². The predicted molar refractivity (Wildman–Crippen MR) is 89.2 cm³/mol. The maximum Gasteiger partial charge on any atom is 0.137 e. The van der Waals surface area contributed by atoms with Crippen molar-refractivity contribution in [3.8, 4) is 5.75 Å². The summed E-state index contributed by atoms with van der Waals surface area (Å²) in [5, 5.41) is 4.80. The molecule has 0 aliphatic rings. The fourth-order valence-electron chi connectivity index (χ4n) is 1.97. The fraction of sp³-hybridized carbons (Fsp3) is 0.294. The molecule has 1 N–H and O–H groups in total. The van der Waals surface area contributed by atoms with Gasteiger partial charge in [-0.2, -0.15) is 0 Å². The van der Waals surface area contributed by atoms with Crippen molar-refractivity contribution in [2.75, 3.05) is 6.61 Å². The molecule has 2 aromatic carbocycles. The van der Waals surface area contributed by atoms with E-state index in [-0.39, 0.29) is 0 Å². The molecule has 0 saturated heterocycles. The van der Waals surface area contributed by atoms with Crippen LogP contribution in [0.15, 0.2) is 42.5 Å². The predicted octanol–water partition coefficient (Wildman–Crippen LogP) is 5.07. The van der Waals surface area contributed by atoms with Gasteiger partial charge in [0, 0.05) is 18.1 Å². The van der Waals surface area contributed by atoms with Crippen LogP contribution in [0.25, 0.3) is 0 Å². The number of hydrogen-bond donors (Lipinski definition) is 1. The second-order valence-corrected chi connectivity index (χ2v) is 5.62. The summed E-state index contributed by atoms with van der Waals surface area (Å²) in [5.41, 5.74) is 2.21. The highest BCUT2D eigenvalue weighted by Gasteiger charge is 2.03. The largest absolute Gasteiger partial charge is 0.492 e. The Morgan fingerprint density at radius 3 is 2.52 bits per heavy atom. The molecule has 0 aromatic heterocycles. The Morgan fingerprint density at radius 1 is 1.00 bits per heavy atom. The van der Waals surface area contributed by atoms with Crippen molar-refractivity contribution in [2.24, 2.45) is 0 Å². The van der Waals surface area contributed by atoms with Crippen LogP contribution >= 0.6 is 23.2 Å². The maximum absolute atomic E-state index is 6.21. The quantitative estimate of drug-likeness (QED) is 0.767. The first-order chi connectivity index (χ1) is 10.2. The number of ether oxygens (including phenoxy) is 1. The number of nitrogens with one attached hydrogen (secondary N) is 1. The van der Waals surface area contributed by atoms with Crippen LogP contribution in [0.2, 0.25) is 10.0 Å². The zero-order valence-corrected chi connectivity index (χ0v) is 13.5. The van der Waals surface area contributed by atoms with Gasteiger partial charge in [0.25, 0.3) is 0 Å². The smallest absolute Gasteiger partial charge is 0.137 e. The van der Waals surface area contributed by atoms with Crippen LogP contribution in [-0.4, -0.2) is 6.61 Å². The monoisotopic (exact) mass is 323 g/mol. The Bertz CT molecular complexity index is 587. The Hall–Kier alpha value is -1.22. The van der Waals surface area contributed by atoms with Gasteiger partial charge in [-0.15, -0.1) is 0 Å². The van der Waals surface area contributed by atoms with Crippen LogP contribution in [-0.2, 0) is 13.1 Å². The molecule has 112 valence electrons. The van der Waals surface area contributed by atoms with E-state index in [2.05, 4.69) is 12.2 Å². The van der Waals surface area contributed by atoms with Gasteiger partial charge < -0.3 is 10.1 Å². The molecule has 0 radical (unpaired) electrons. The lowest BCUT2D eigenvalue weighted by molar-refractivity contribution is 0.317. The van der Waals surface area contributed by atoms with Gasteiger partial charge in [-0.05, 0) is 35.7 Å². The number of halogens is 2. The molecular formula is C17H19Cl2NO. The van der Waals surface area contributed by atoms with Crippen molar-refractivity contribution in [3.05, 3.63) is 63.6 Å². The summed E-state index contributed by atoms with van der Waals surface area (Å²) in [6, 6.07) is 13.7. The van der Waals surface area contributed by atoms with Crippen molar-refractivity contribution in [1.82, 2.24) is 5.32 Å². The van der Waals surface area contributed by atoms with Crippen LogP contribution in [0.1, 0.15) is 24.5 Å². The molecule has 21 heavy (non-hydrogen) atoms. The number of rotatable bonds is 7. The van der Waals surface area contributed by atoms with E-state index in [1.165, 1.54) is 0 Å². The van der Waals surface area contributed by atoms with E-state index < -0.39 is 0 Å². The Kier molecular flexibility index (Phi) is 6.37. The molecule has 0 atom stereocenters. The van der Waals surface area contributed by atoms with E-state index in [1.54, 1.807) is 0 Å². The van der Waals surface area contributed by atoms with Gasteiger partial charge in [-0.1, -0.05) is 54.4 Å². The third-order valence-electron chi connectivity index (χ3n) is 3.06. The molecule has 0 unspecified atom stereocenters. The minimum Gasteiger partial charge on any atom is -0.492 e. The first kappa shape index (κ1) is 16.2. The van der Waals surface area contributed by atoms with E-state index in [9.17, 15) is 0 Å². The Labute approximate surface area is 136 Å². The average Bonchev–Trinajstić information content (AvgIpc) is 2.48. The van der Waals surface area contributed by atoms with Gasteiger partial charge in [0.15, 0.2) is 0 Å². The van der Waals surface area contributed by atoms with E-state index >= 15 is 0 Å². The highest BCUT2D eigenvalue weighted by Crippen LogP contribution is 2.25. The molecule has 0 bridgehead atoms. The normalized spacial score (nSPS) is 10.6. The standard InChI is InChI=1S/C17H19Cl2NO/c1-2-9-21-17-8-7-13(10-16(17)19)11-20-12-14-5-3-4-6-15(14)18/h3-8,10,20H,2,9,11-12H2,1H3. The van der Waals surface area contributed by atoms with Crippen LogP contribution in [0, 0.1) is 0 Å². The molecule has 0 amide bonds. The molecule has 2 rings (SSSR count). The van der Waals surface area contributed by atoms with Crippen molar-refractivity contribution in [2.45, 2.75) is 26.4 Å². The van der Waals surface area contributed by atoms with Crippen molar-refractivity contribution in [1.29, 1.82) is 0 Å². The van der Waals surface area contributed by atoms with E-state index in [0.717, 1.165) is 41.4 Å². The summed E-state index contributed by atoms with van der Waals surface area (Å²) < 4.78 is 5.56. The van der Waals surface area contributed by atoms with Crippen LogP contribution < -0.4 is 10.1 Å². The number of benzene rings is 2. The molecule has 0 aliphatic heterocycles. The summed E-state index contributed by atoms with van der Waals surface area (Å²) >= 11 is 12.3. The van der Waals surface area contributed by atoms with Crippen molar-refractivity contribution in [3.63, 3.8) is 0 Å². The average molecular weight is 324 g/mol. The summed E-state index contributed by atoms with van der Waals surface area (Å²) in [7, 11) is 0. The fourth-order valence-corrected chi connectivity index (χ4v) is 2.43. The van der Waals surface area contributed by atoms with Gasteiger partial charge in [0.05, 0.1) is 11.6 Å². The molecule has 0 saturated carbocycles. The zero-order chi connectivity index (χ0) is 15.1. The molecule has 0 spiro atoms. The minimum atomic E-state index is 0.653. The van der Waals surface area contributed by atoms with Crippen LogP contribution in [0.3, 0.4) is 0 Å². The zero-order valence-electron chi connectivity index (χ0n) is 12.0. The molecule has 2 aromatic rings. The Morgan fingerprint density at radius 2 is 1.81 bits per heavy atom. The Balaban J connectivity index is 1.89. The third-order valence-corrected chi connectivity index (χ3v) is 3.72. The topological polar surface area (TPSA) is 21.3 Å². The second-order valence-electron chi connectivity index (χ2n) is 4.81. The lowest BCUT2D eigenvalue weighted by atomic mass is 10.2. The molecule has 2 nitrogen and oxygen atoms in total. The maximum atomic E-state index is 6.21. The molecule has 0 fully saturated rings. The highest BCUT2D eigenvalue weighted by molar-refractivity contribution is 6.32. The molecule has 4 heteroatoms. The van der Waals surface area contributed by atoms with Gasteiger partial charge in [0.1, 0.15) is 5.75 Å². The first-order valence-electron chi connectivity index (χ1n) is 7.06. The summed E-state index contributed by atoms with van der Waals surface area (Å²) in [4.78, 5) is 0. The van der Waals surface area contributed by atoms with Gasteiger partial charge >= 0.3 is 0 Å².